The van der Waals surface area contributed by atoms with E-state index >= 15 is 0 Å². The number of amides is 3. The van der Waals surface area contributed by atoms with Gasteiger partial charge < -0.3 is 20.4 Å². The number of hydrogen-bond donors (Lipinski definition) is 3. The summed E-state index contributed by atoms with van der Waals surface area (Å²) in [6.45, 7) is 0.420. The first-order valence-corrected chi connectivity index (χ1v) is 10.3. The number of hydrogen-bond acceptors (Lipinski definition) is 5. The summed E-state index contributed by atoms with van der Waals surface area (Å²) >= 11 is 4.59. The van der Waals surface area contributed by atoms with Gasteiger partial charge in [-0.1, -0.05) is 12.1 Å². The third-order valence-electron chi connectivity index (χ3n) is 3.89. The molecule has 2 aromatic heterocycles. The molecule has 0 unspecified atom stereocenters. The van der Waals surface area contributed by atoms with E-state index in [1.165, 1.54) is 11.3 Å². The number of benzene rings is 1. The third kappa shape index (κ3) is 6.30. The summed E-state index contributed by atoms with van der Waals surface area (Å²) in [7, 11) is 0. The normalized spacial score (nSPS) is 10.4. The van der Waals surface area contributed by atoms with Gasteiger partial charge in [0.2, 0.25) is 5.91 Å². The molecule has 29 heavy (non-hydrogen) atoms. The Morgan fingerprint density at radius 3 is 2.52 bits per heavy atom. The fourth-order valence-corrected chi connectivity index (χ4v) is 3.75. The van der Waals surface area contributed by atoms with Crippen LogP contribution in [0.2, 0.25) is 0 Å². The van der Waals surface area contributed by atoms with Gasteiger partial charge in [-0.2, -0.15) is 0 Å². The van der Waals surface area contributed by atoms with Crippen molar-refractivity contribution in [3.63, 3.8) is 0 Å². The van der Waals surface area contributed by atoms with Crippen LogP contribution in [0, 0.1) is 0 Å². The van der Waals surface area contributed by atoms with Crippen molar-refractivity contribution < 1.29 is 18.8 Å². The minimum Gasteiger partial charge on any atom is -0.467 e. The molecule has 3 rings (SSSR count). The van der Waals surface area contributed by atoms with Crippen LogP contribution in [-0.2, 0) is 17.9 Å². The second kappa shape index (κ2) is 10.0. The highest BCUT2D eigenvalue weighted by Gasteiger charge is 2.11. The molecule has 3 aromatic rings. The summed E-state index contributed by atoms with van der Waals surface area (Å²) in [5, 5.41) is 8.07. The lowest BCUT2D eigenvalue weighted by atomic mass is 10.1. The molecule has 0 saturated carbocycles. The quantitative estimate of drug-likeness (QED) is 0.465. The second-order valence-corrected chi connectivity index (χ2v) is 8.49. The van der Waals surface area contributed by atoms with Crippen molar-refractivity contribution in [2.45, 2.75) is 13.1 Å². The Balaban J connectivity index is 1.45. The lowest BCUT2D eigenvalue weighted by molar-refractivity contribution is -0.120. The molecular weight excluding hydrogens is 458 g/mol. The first-order chi connectivity index (χ1) is 14.0. The number of nitrogens with one attached hydrogen (secondary N) is 3. The maximum atomic E-state index is 12.3. The van der Waals surface area contributed by atoms with Gasteiger partial charge in [-0.05, 0) is 57.9 Å². The van der Waals surface area contributed by atoms with Gasteiger partial charge in [0, 0.05) is 12.1 Å². The average Bonchev–Trinajstić information content (AvgIpc) is 3.40. The second-order valence-electron chi connectivity index (χ2n) is 6.03. The molecule has 0 spiro atoms. The van der Waals surface area contributed by atoms with E-state index in [2.05, 4.69) is 31.9 Å². The number of furan rings is 1. The fourth-order valence-electron chi connectivity index (χ4n) is 2.45. The first kappa shape index (κ1) is 20.8. The molecular formula is C20H18BrN3O4S. The van der Waals surface area contributed by atoms with Crippen LogP contribution in [0.5, 0.6) is 0 Å². The van der Waals surface area contributed by atoms with E-state index in [0.29, 0.717) is 22.7 Å². The highest BCUT2D eigenvalue weighted by Crippen LogP contribution is 2.21. The number of carbonyl (C=O) groups is 3. The Morgan fingerprint density at radius 2 is 1.79 bits per heavy atom. The molecule has 2 heterocycles. The van der Waals surface area contributed by atoms with Crippen molar-refractivity contribution in [3.8, 4) is 0 Å². The predicted octanol–water partition coefficient (Wildman–Crippen LogP) is 3.08. The number of rotatable bonds is 8. The van der Waals surface area contributed by atoms with E-state index in [4.69, 9.17) is 4.42 Å². The van der Waals surface area contributed by atoms with Crippen LogP contribution in [-0.4, -0.2) is 24.3 Å². The van der Waals surface area contributed by atoms with Crippen molar-refractivity contribution in [2.24, 2.45) is 0 Å². The molecule has 0 saturated heterocycles. The largest absolute Gasteiger partial charge is 0.467 e. The third-order valence-corrected chi connectivity index (χ3v) is 5.51. The SMILES string of the molecule is O=C(CNC(=O)c1ccc(Br)s1)NCc1cccc(C(=O)NCc2ccco2)c1. The fraction of sp³-hybridized carbons (Fsp3) is 0.150. The van der Waals surface area contributed by atoms with Gasteiger partial charge in [0.05, 0.1) is 28.0 Å². The van der Waals surface area contributed by atoms with Crippen LogP contribution in [0.15, 0.2) is 63.0 Å². The zero-order valence-electron chi connectivity index (χ0n) is 15.2. The maximum Gasteiger partial charge on any atom is 0.261 e. The summed E-state index contributed by atoms with van der Waals surface area (Å²) in [5.41, 5.74) is 1.26. The van der Waals surface area contributed by atoms with Crippen molar-refractivity contribution in [3.05, 3.63) is 80.3 Å². The minimum absolute atomic E-state index is 0.127. The molecule has 0 aliphatic carbocycles. The molecule has 0 radical (unpaired) electrons. The van der Waals surface area contributed by atoms with Gasteiger partial charge in [0.25, 0.3) is 11.8 Å². The molecule has 0 aliphatic rings. The topological polar surface area (TPSA) is 100 Å². The van der Waals surface area contributed by atoms with Crippen molar-refractivity contribution in [1.29, 1.82) is 0 Å². The molecule has 150 valence electrons. The summed E-state index contributed by atoms with van der Waals surface area (Å²) in [6, 6.07) is 14.0. The summed E-state index contributed by atoms with van der Waals surface area (Å²) in [6.07, 6.45) is 1.55. The molecule has 3 amide bonds. The Kier molecular flexibility index (Phi) is 7.20. The number of carbonyl (C=O) groups excluding carboxylic acids is 3. The van der Waals surface area contributed by atoms with Crippen LogP contribution in [0.1, 0.15) is 31.4 Å². The molecule has 0 bridgehead atoms. The van der Waals surface area contributed by atoms with Crippen molar-refractivity contribution in [1.82, 2.24) is 16.0 Å². The molecule has 0 atom stereocenters. The molecule has 7 nitrogen and oxygen atoms in total. The molecule has 0 fully saturated rings. The standard InChI is InChI=1S/C20H18BrN3O4S/c21-17-7-6-16(29-17)20(27)24-12-18(25)22-10-13-3-1-4-14(9-13)19(26)23-11-15-5-2-8-28-15/h1-9H,10-12H2,(H,22,25)(H,23,26)(H,24,27). The van der Waals surface area contributed by atoms with E-state index in [1.54, 1.807) is 48.7 Å². The van der Waals surface area contributed by atoms with Gasteiger partial charge in [0.15, 0.2) is 0 Å². The van der Waals surface area contributed by atoms with E-state index < -0.39 is 0 Å². The lowest BCUT2D eigenvalue weighted by Crippen LogP contribution is -2.36. The Morgan fingerprint density at radius 1 is 0.931 bits per heavy atom. The lowest BCUT2D eigenvalue weighted by Gasteiger charge is -2.08. The Bertz CT molecular complexity index is 1000. The van der Waals surface area contributed by atoms with E-state index in [0.717, 1.165) is 9.35 Å². The van der Waals surface area contributed by atoms with Gasteiger partial charge in [0.1, 0.15) is 5.76 Å². The first-order valence-electron chi connectivity index (χ1n) is 8.71. The highest BCUT2D eigenvalue weighted by atomic mass is 79.9. The number of halogens is 1. The Hall–Kier alpha value is -2.91. The van der Waals surface area contributed by atoms with Crippen LogP contribution >= 0.6 is 27.3 Å². The van der Waals surface area contributed by atoms with E-state index in [9.17, 15) is 14.4 Å². The van der Waals surface area contributed by atoms with Crippen LogP contribution in [0.25, 0.3) is 0 Å². The zero-order valence-corrected chi connectivity index (χ0v) is 17.6. The van der Waals surface area contributed by atoms with Gasteiger partial charge in [-0.15, -0.1) is 11.3 Å². The van der Waals surface area contributed by atoms with Crippen molar-refractivity contribution >= 4 is 45.0 Å². The van der Waals surface area contributed by atoms with Crippen LogP contribution in [0.3, 0.4) is 0 Å². The van der Waals surface area contributed by atoms with Gasteiger partial charge >= 0.3 is 0 Å². The molecule has 3 N–H and O–H groups in total. The van der Waals surface area contributed by atoms with Crippen molar-refractivity contribution in [2.75, 3.05) is 6.54 Å². The van der Waals surface area contributed by atoms with E-state index in [-0.39, 0.29) is 30.8 Å². The number of thiophene rings is 1. The zero-order chi connectivity index (χ0) is 20.6. The summed E-state index contributed by atoms with van der Waals surface area (Å²) in [5.74, 6) is -0.185. The molecule has 0 aliphatic heterocycles. The molecule has 1 aromatic carbocycles. The van der Waals surface area contributed by atoms with Gasteiger partial charge in [-0.3, -0.25) is 14.4 Å². The Labute approximate surface area is 179 Å². The maximum absolute atomic E-state index is 12.3. The highest BCUT2D eigenvalue weighted by molar-refractivity contribution is 9.11. The molecule has 9 heteroatoms. The van der Waals surface area contributed by atoms with E-state index in [1.807, 2.05) is 6.07 Å². The van der Waals surface area contributed by atoms with Gasteiger partial charge in [-0.25, -0.2) is 0 Å². The average molecular weight is 476 g/mol. The predicted molar refractivity (Wildman–Crippen MR) is 113 cm³/mol. The minimum atomic E-state index is -0.318. The smallest absolute Gasteiger partial charge is 0.261 e. The summed E-state index contributed by atoms with van der Waals surface area (Å²) in [4.78, 5) is 36.7. The summed E-state index contributed by atoms with van der Waals surface area (Å²) < 4.78 is 6.03. The monoisotopic (exact) mass is 475 g/mol. The van der Waals surface area contributed by atoms with Crippen LogP contribution in [0.4, 0.5) is 0 Å². The van der Waals surface area contributed by atoms with Crippen LogP contribution < -0.4 is 16.0 Å².